The minimum Gasteiger partial charge on any atom is -0.352 e. The number of H-pyrrole nitrogens is 1. The lowest BCUT2D eigenvalue weighted by Gasteiger charge is -2.05. The van der Waals surface area contributed by atoms with E-state index >= 15 is 0 Å². The van der Waals surface area contributed by atoms with Crippen LogP contribution in [0.5, 0.6) is 0 Å². The summed E-state index contributed by atoms with van der Waals surface area (Å²) < 4.78 is 13.0. The molecule has 2 aromatic heterocycles. The van der Waals surface area contributed by atoms with Crippen molar-refractivity contribution in [2.75, 3.05) is 6.54 Å². The van der Waals surface area contributed by atoms with Gasteiger partial charge in [0.05, 0.1) is 11.8 Å². The van der Waals surface area contributed by atoms with Gasteiger partial charge in [-0.2, -0.15) is 0 Å². The van der Waals surface area contributed by atoms with E-state index in [1.165, 1.54) is 0 Å². The van der Waals surface area contributed by atoms with Crippen molar-refractivity contribution in [2.24, 2.45) is 0 Å². The molecule has 2 N–H and O–H groups in total. The number of hydrogen-bond acceptors (Lipinski definition) is 3. The van der Waals surface area contributed by atoms with Crippen LogP contribution in [0.1, 0.15) is 22.6 Å². The Balaban J connectivity index is 1.82. The molecule has 2 heterocycles. The van der Waals surface area contributed by atoms with Crippen LogP contribution in [0.3, 0.4) is 0 Å². The van der Waals surface area contributed by atoms with Crippen molar-refractivity contribution >= 4 is 17.5 Å². The molecule has 0 aliphatic carbocycles. The van der Waals surface area contributed by atoms with Crippen molar-refractivity contribution in [2.45, 2.75) is 12.8 Å². The number of aromatic amines is 1. The number of aryl methyl sites for hydroxylation is 1. The maximum absolute atomic E-state index is 13.0. The second-order valence-electron chi connectivity index (χ2n) is 3.89. The van der Waals surface area contributed by atoms with E-state index in [1.54, 1.807) is 12.4 Å². The van der Waals surface area contributed by atoms with E-state index in [2.05, 4.69) is 20.3 Å². The number of carbonyl (C=O) groups excluding carboxylic acids is 1. The highest BCUT2D eigenvalue weighted by Gasteiger charge is 2.12. The molecule has 7 heteroatoms. The molecule has 0 saturated heterocycles. The molecule has 0 aliphatic heterocycles. The Morgan fingerprint density at radius 3 is 3.05 bits per heavy atom. The second-order valence-corrected chi connectivity index (χ2v) is 4.25. The fourth-order valence-electron chi connectivity index (χ4n) is 1.57. The van der Waals surface area contributed by atoms with Crippen molar-refractivity contribution in [1.29, 1.82) is 0 Å². The molecule has 0 atom stereocenters. The normalized spacial score (nSPS) is 10.4. The summed E-state index contributed by atoms with van der Waals surface area (Å²) in [6, 6.07) is 1.07. The molecule has 5 nitrogen and oxygen atoms in total. The predicted molar refractivity (Wildman–Crippen MR) is 68.4 cm³/mol. The molecular weight excluding hydrogens is 271 g/mol. The Labute approximate surface area is 114 Å². The van der Waals surface area contributed by atoms with E-state index in [1.807, 2.05) is 0 Å². The highest BCUT2D eigenvalue weighted by Crippen LogP contribution is 2.13. The van der Waals surface area contributed by atoms with Gasteiger partial charge in [0.2, 0.25) is 0 Å². The lowest BCUT2D eigenvalue weighted by Crippen LogP contribution is -2.25. The van der Waals surface area contributed by atoms with Gasteiger partial charge in [-0.1, -0.05) is 11.6 Å². The van der Waals surface area contributed by atoms with Crippen LogP contribution in [0.25, 0.3) is 0 Å². The largest absolute Gasteiger partial charge is 0.352 e. The van der Waals surface area contributed by atoms with Crippen LogP contribution in [-0.4, -0.2) is 27.4 Å². The highest BCUT2D eigenvalue weighted by molar-refractivity contribution is 6.32. The van der Waals surface area contributed by atoms with Gasteiger partial charge in [-0.25, -0.2) is 14.4 Å². The summed E-state index contributed by atoms with van der Waals surface area (Å²) in [5.41, 5.74) is 0.0414. The molecule has 0 aromatic carbocycles. The van der Waals surface area contributed by atoms with Gasteiger partial charge in [-0.3, -0.25) is 4.79 Å². The zero-order chi connectivity index (χ0) is 13.7. The van der Waals surface area contributed by atoms with Gasteiger partial charge in [-0.05, 0) is 12.5 Å². The van der Waals surface area contributed by atoms with E-state index in [4.69, 9.17) is 11.6 Å². The fourth-order valence-corrected chi connectivity index (χ4v) is 1.76. The Morgan fingerprint density at radius 1 is 1.47 bits per heavy atom. The average molecular weight is 283 g/mol. The Kier molecular flexibility index (Phi) is 4.46. The summed E-state index contributed by atoms with van der Waals surface area (Å²) in [6.07, 6.45) is 5.83. The number of pyridine rings is 1. The molecule has 2 aromatic rings. The summed E-state index contributed by atoms with van der Waals surface area (Å²) in [6.45, 7) is 0.451. The number of aromatic nitrogens is 3. The first kappa shape index (κ1) is 13.5. The van der Waals surface area contributed by atoms with Crippen LogP contribution in [0.2, 0.25) is 5.15 Å². The molecule has 2 rings (SSSR count). The Bertz CT molecular complexity index is 559. The molecule has 1 amide bonds. The van der Waals surface area contributed by atoms with Gasteiger partial charge in [0.25, 0.3) is 5.91 Å². The van der Waals surface area contributed by atoms with Crippen LogP contribution >= 0.6 is 11.6 Å². The zero-order valence-corrected chi connectivity index (χ0v) is 10.7. The van der Waals surface area contributed by atoms with E-state index in [0.29, 0.717) is 6.54 Å². The molecule has 0 aliphatic rings. The summed E-state index contributed by atoms with van der Waals surface area (Å²) in [4.78, 5) is 22.4. The number of nitrogens with zero attached hydrogens (tertiary/aromatic N) is 2. The van der Waals surface area contributed by atoms with Gasteiger partial charge in [0.15, 0.2) is 0 Å². The van der Waals surface area contributed by atoms with E-state index < -0.39 is 11.7 Å². The smallest absolute Gasteiger partial charge is 0.254 e. The molecule has 0 fully saturated rings. The minimum atomic E-state index is -0.592. The average Bonchev–Trinajstić information content (AvgIpc) is 2.90. The van der Waals surface area contributed by atoms with Gasteiger partial charge in [0, 0.05) is 25.4 Å². The van der Waals surface area contributed by atoms with Crippen LogP contribution in [0, 0.1) is 5.82 Å². The van der Waals surface area contributed by atoms with E-state index in [-0.39, 0.29) is 10.7 Å². The molecule has 0 saturated carbocycles. The number of hydrogen-bond donors (Lipinski definition) is 2. The maximum Gasteiger partial charge on any atom is 0.254 e. The molecule has 0 unspecified atom stereocenters. The number of amides is 1. The first-order chi connectivity index (χ1) is 9.16. The van der Waals surface area contributed by atoms with Crippen LogP contribution in [0.15, 0.2) is 24.7 Å². The van der Waals surface area contributed by atoms with Gasteiger partial charge in [0.1, 0.15) is 16.8 Å². The van der Waals surface area contributed by atoms with Crippen molar-refractivity contribution in [3.63, 3.8) is 0 Å². The summed E-state index contributed by atoms with van der Waals surface area (Å²) in [5, 5.41) is 2.65. The lowest BCUT2D eigenvalue weighted by atomic mass is 10.2. The molecule has 0 spiro atoms. The quantitative estimate of drug-likeness (QED) is 0.650. The first-order valence-corrected chi connectivity index (χ1v) is 6.12. The number of imidazole rings is 1. The molecule has 0 radical (unpaired) electrons. The van der Waals surface area contributed by atoms with Crippen molar-refractivity contribution in [1.82, 2.24) is 20.3 Å². The van der Waals surface area contributed by atoms with Crippen LogP contribution in [-0.2, 0) is 6.42 Å². The first-order valence-electron chi connectivity index (χ1n) is 5.74. The van der Waals surface area contributed by atoms with Gasteiger partial charge in [-0.15, -0.1) is 0 Å². The van der Waals surface area contributed by atoms with E-state index in [0.717, 1.165) is 30.9 Å². The van der Waals surface area contributed by atoms with E-state index in [9.17, 15) is 9.18 Å². The molecule has 0 bridgehead atoms. The molecule has 100 valence electrons. The number of carbonyl (C=O) groups is 1. The predicted octanol–water partition coefficient (Wildman–Crippen LogP) is 1.96. The van der Waals surface area contributed by atoms with Crippen LogP contribution in [0.4, 0.5) is 4.39 Å². The molecular formula is C12H12ClFN4O. The Morgan fingerprint density at radius 2 is 2.32 bits per heavy atom. The monoisotopic (exact) mass is 282 g/mol. The number of rotatable bonds is 5. The maximum atomic E-state index is 13.0. The fraction of sp³-hybridized carbons (Fsp3) is 0.250. The van der Waals surface area contributed by atoms with Gasteiger partial charge >= 0.3 is 0 Å². The van der Waals surface area contributed by atoms with Crippen LogP contribution < -0.4 is 5.32 Å². The van der Waals surface area contributed by atoms with Crippen molar-refractivity contribution < 1.29 is 9.18 Å². The summed E-state index contributed by atoms with van der Waals surface area (Å²) >= 11 is 5.73. The standard InChI is InChI=1S/C12H12ClFN4O/c13-11-9(6-8(14)7-18-11)12(19)17-3-1-2-10-15-4-5-16-10/h4-7H,1-3H2,(H,15,16)(H,17,19). The van der Waals surface area contributed by atoms with Crippen molar-refractivity contribution in [3.05, 3.63) is 47.0 Å². The lowest BCUT2D eigenvalue weighted by molar-refractivity contribution is 0.0952. The highest BCUT2D eigenvalue weighted by atomic mass is 35.5. The van der Waals surface area contributed by atoms with Gasteiger partial charge < -0.3 is 10.3 Å². The minimum absolute atomic E-state index is 0.00932. The third kappa shape index (κ3) is 3.75. The third-order valence-corrected chi connectivity index (χ3v) is 2.78. The third-order valence-electron chi connectivity index (χ3n) is 2.48. The summed E-state index contributed by atoms with van der Waals surface area (Å²) in [5.74, 6) is -0.165. The Hall–Kier alpha value is -1.95. The summed E-state index contributed by atoms with van der Waals surface area (Å²) in [7, 11) is 0. The number of nitrogens with one attached hydrogen (secondary N) is 2. The molecule has 19 heavy (non-hydrogen) atoms. The zero-order valence-electron chi connectivity index (χ0n) is 9.99. The van der Waals surface area contributed by atoms with Crippen molar-refractivity contribution in [3.8, 4) is 0 Å². The SMILES string of the molecule is O=C(NCCCc1ncc[nH]1)c1cc(F)cnc1Cl. The second kappa shape index (κ2) is 6.29. The number of halogens is 2. The topological polar surface area (TPSA) is 70.7 Å².